The maximum Gasteiger partial charge on any atom is 0.159 e. The molecule has 0 atom stereocenters. The summed E-state index contributed by atoms with van der Waals surface area (Å²) in [5.41, 5.74) is 2.22. The van der Waals surface area contributed by atoms with Gasteiger partial charge in [0.1, 0.15) is 5.78 Å². The van der Waals surface area contributed by atoms with Crippen molar-refractivity contribution >= 4 is 11.6 Å². The average Bonchev–Trinajstić information content (AvgIpc) is 2.34. The summed E-state index contributed by atoms with van der Waals surface area (Å²) in [5, 5.41) is 0. The minimum atomic E-state index is 0.212. The summed E-state index contributed by atoms with van der Waals surface area (Å²) in [7, 11) is 0. The molecule has 1 aliphatic carbocycles. The van der Waals surface area contributed by atoms with Crippen molar-refractivity contribution in [2.45, 2.75) is 46.0 Å². The Bertz CT molecular complexity index is 261. The molecule has 2 heteroatoms. The summed E-state index contributed by atoms with van der Waals surface area (Å²) in [6, 6.07) is 0. The average molecular weight is 180 g/mol. The highest BCUT2D eigenvalue weighted by atomic mass is 16.1. The molecule has 2 nitrogen and oxygen atoms in total. The number of allylic oxidation sites excluding steroid dienone is 2. The van der Waals surface area contributed by atoms with E-state index < -0.39 is 0 Å². The van der Waals surface area contributed by atoms with Gasteiger partial charge >= 0.3 is 0 Å². The summed E-state index contributed by atoms with van der Waals surface area (Å²) >= 11 is 0. The molecule has 0 fully saturated rings. The first-order valence-corrected chi connectivity index (χ1v) is 4.82. The molecular weight excluding hydrogens is 164 g/mol. The number of carbonyl (C=O) groups is 2. The molecule has 72 valence electrons. The third-order valence-corrected chi connectivity index (χ3v) is 2.53. The van der Waals surface area contributed by atoms with E-state index in [0.717, 1.165) is 24.8 Å². The van der Waals surface area contributed by atoms with Gasteiger partial charge in [-0.2, -0.15) is 0 Å². The molecular formula is C11H16O2. The Morgan fingerprint density at radius 1 is 1.38 bits per heavy atom. The lowest BCUT2D eigenvalue weighted by molar-refractivity contribution is -0.117. The van der Waals surface area contributed by atoms with Crippen LogP contribution in [-0.4, -0.2) is 11.6 Å². The summed E-state index contributed by atoms with van der Waals surface area (Å²) in [6.45, 7) is 3.62. The number of hydrogen-bond donors (Lipinski definition) is 0. The van der Waals surface area contributed by atoms with Crippen LogP contribution < -0.4 is 0 Å². The van der Waals surface area contributed by atoms with Crippen LogP contribution in [0.25, 0.3) is 0 Å². The fourth-order valence-electron chi connectivity index (χ4n) is 1.71. The standard InChI is InChI=1S/C11H16O2/c1-8-6-7-11(13)10(8)5-3-4-9(2)12/h3-7H2,1-2H3. The van der Waals surface area contributed by atoms with Crippen molar-refractivity contribution in [3.8, 4) is 0 Å². The zero-order valence-electron chi connectivity index (χ0n) is 8.35. The van der Waals surface area contributed by atoms with Crippen molar-refractivity contribution in [1.29, 1.82) is 0 Å². The second-order valence-electron chi connectivity index (χ2n) is 3.74. The van der Waals surface area contributed by atoms with Gasteiger partial charge in [0.05, 0.1) is 0 Å². The lowest BCUT2D eigenvalue weighted by Crippen LogP contribution is -1.98. The summed E-state index contributed by atoms with van der Waals surface area (Å²) in [6.07, 6.45) is 3.83. The van der Waals surface area contributed by atoms with Gasteiger partial charge in [-0.25, -0.2) is 0 Å². The van der Waals surface area contributed by atoms with Gasteiger partial charge < -0.3 is 4.79 Å². The van der Waals surface area contributed by atoms with Crippen LogP contribution >= 0.6 is 0 Å². The minimum absolute atomic E-state index is 0.212. The molecule has 0 aromatic heterocycles. The molecule has 0 saturated carbocycles. The number of rotatable bonds is 4. The van der Waals surface area contributed by atoms with E-state index in [1.807, 2.05) is 6.92 Å². The Labute approximate surface area is 79.0 Å². The van der Waals surface area contributed by atoms with E-state index in [1.165, 1.54) is 5.57 Å². The van der Waals surface area contributed by atoms with Crippen LogP contribution in [0.2, 0.25) is 0 Å². The Morgan fingerprint density at radius 3 is 2.54 bits per heavy atom. The fourth-order valence-corrected chi connectivity index (χ4v) is 1.71. The second kappa shape index (κ2) is 4.35. The first-order valence-electron chi connectivity index (χ1n) is 4.82. The van der Waals surface area contributed by atoms with Gasteiger partial charge in [0.15, 0.2) is 5.78 Å². The molecule has 0 heterocycles. The van der Waals surface area contributed by atoms with Crippen molar-refractivity contribution < 1.29 is 9.59 Å². The van der Waals surface area contributed by atoms with E-state index in [0.29, 0.717) is 18.6 Å². The summed E-state index contributed by atoms with van der Waals surface area (Å²) in [5.74, 6) is 0.504. The molecule has 13 heavy (non-hydrogen) atoms. The van der Waals surface area contributed by atoms with Crippen LogP contribution in [0.15, 0.2) is 11.1 Å². The van der Waals surface area contributed by atoms with Crippen LogP contribution in [0.1, 0.15) is 46.0 Å². The third-order valence-electron chi connectivity index (χ3n) is 2.53. The molecule has 0 spiro atoms. The molecule has 0 radical (unpaired) electrons. The number of hydrogen-bond acceptors (Lipinski definition) is 2. The summed E-state index contributed by atoms with van der Waals surface area (Å²) < 4.78 is 0. The monoisotopic (exact) mass is 180 g/mol. The highest BCUT2D eigenvalue weighted by molar-refractivity contribution is 5.98. The van der Waals surface area contributed by atoms with Crippen molar-refractivity contribution in [2.24, 2.45) is 0 Å². The van der Waals surface area contributed by atoms with E-state index in [-0.39, 0.29) is 5.78 Å². The normalized spacial score (nSPS) is 16.9. The van der Waals surface area contributed by atoms with E-state index in [2.05, 4.69) is 0 Å². The lowest BCUT2D eigenvalue weighted by atomic mass is 10.0. The number of ketones is 2. The molecule has 1 aliphatic rings. The van der Waals surface area contributed by atoms with Crippen LogP contribution in [-0.2, 0) is 9.59 Å². The minimum Gasteiger partial charge on any atom is -0.300 e. The third kappa shape index (κ3) is 2.79. The molecule has 0 N–H and O–H groups in total. The lowest BCUT2D eigenvalue weighted by Gasteiger charge is -2.00. The molecule has 0 aromatic rings. The van der Waals surface area contributed by atoms with Crippen molar-refractivity contribution in [3.05, 3.63) is 11.1 Å². The van der Waals surface area contributed by atoms with Crippen LogP contribution in [0.3, 0.4) is 0 Å². The van der Waals surface area contributed by atoms with Gasteiger partial charge in [-0.15, -0.1) is 0 Å². The van der Waals surface area contributed by atoms with Gasteiger partial charge in [-0.3, -0.25) is 4.79 Å². The Morgan fingerprint density at radius 2 is 2.08 bits per heavy atom. The highest BCUT2D eigenvalue weighted by Gasteiger charge is 2.19. The predicted molar refractivity (Wildman–Crippen MR) is 51.5 cm³/mol. The van der Waals surface area contributed by atoms with E-state index in [4.69, 9.17) is 0 Å². The van der Waals surface area contributed by atoms with Crippen LogP contribution in [0.4, 0.5) is 0 Å². The molecule has 0 bridgehead atoms. The van der Waals surface area contributed by atoms with Gasteiger partial charge in [0.2, 0.25) is 0 Å². The van der Waals surface area contributed by atoms with Gasteiger partial charge in [0.25, 0.3) is 0 Å². The second-order valence-corrected chi connectivity index (χ2v) is 3.74. The van der Waals surface area contributed by atoms with Gasteiger partial charge in [-0.05, 0) is 38.7 Å². The maximum absolute atomic E-state index is 11.3. The molecule has 0 aromatic carbocycles. The van der Waals surface area contributed by atoms with Crippen LogP contribution in [0.5, 0.6) is 0 Å². The van der Waals surface area contributed by atoms with Gasteiger partial charge in [0, 0.05) is 12.8 Å². The zero-order chi connectivity index (χ0) is 9.84. The summed E-state index contributed by atoms with van der Waals surface area (Å²) in [4.78, 5) is 22.0. The predicted octanol–water partition coefficient (Wildman–Crippen LogP) is 2.43. The first kappa shape index (κ1) is 10.2. The molecule has 0 unspecified atom stereocenters. The largest absolute Gasteiger partial charge is 0.300 e. The Kier molecular flexibility index (Phi) is 3.40. The first-order chi connectivity index (χ1) is 6.11. The Balaban J connectivity index is 2.40. The number of Topliss-reactive ketones (excluding diaryl/α,β-unsaturated/α-hetero) is 2. The maximum atomic E-state index is 11.3. The fraction of sp³-hybridized carbons (Fsp3) is 0.636. The highest BCUT2D eigenvalue weighted by Crippen LogP contribution is 2.26. The van der Waals surface area contributed by atoms with Crippen molar-refractivity contribution in [1.82, 2.24) is 0 Å². The zero-order valence-corrected chi connectivity index (χ0v) is 8.35. The van der Waals surface area contributed by atoms with Gasteiger partial charge in [-0.1, -0.05) is 5.57 Å². The van der Waals surface area contributed by atoms with E-state index in [1.54, 1.807) is 6.92 Å². The molecule has 0 saturated heterocycles. The Hall–Kier alpha value is -0.920. The van der Waals surface area contributed by atoms with E-state index in [9.17, 15) is 9.59 Å². The smallest absolute Gasteiger partial charge is 0.159 e. The molecule has 0 aliphatic heterocycles. The SMILES string of the molecule is CC(=O)CCCC1=C(C)CCC1=O. The number of carbonyl (C=O) groups excluding carboxylic acids is 2. The topological polar surface area (TPSA) is 34.1 Å². The van der Waals surface area contributed by atoms with E-state index >= 15 is 0 Å². The van der Waals surface area contributed by atoms with Crippen molar-refractivity contribution in [2.75, 3.05) is 0 Å². The van der Waals surface area contributed by atoms with Crippen LogP contribution in [0, 0.1) is 0 Å². The molecule has 1 rings (SSSR count). The molecule has 0 amide bonds. The quantitative estimate of drug-likeness (QED) is 0.665. The van der Waals surface area contributed by atoms with Crippen molar-refractivity contribution in [3.63, 3.8) is 0 Å².